The molecule has 1 atom stereocenters. The molecule has 4 N–H and O–H groups in total. The van der Waals surface area contributed by atoms with Crippen LogP contribution in [0, 0.1) is 18.6 Å². The van der Waals surface area contributed by atoms with Crippen molar-refractivity contribution >= 4 is 23.7 Å². The van der Waals surface area contributed by atoms with Crippen LogP contribution < -0.4 is 16.4 Å². The SMILES string of the molecule is CCOC(=O)c1c(C)oc(NC(=O)CN[C@H](C)c2ccc(F)c(F)c2)c1C(N)=O. The predicted octanol–water partition coefficient (Wildman–Crippen LogP) is 2.43. The summed E-state index contributed by atoms with van der Waals surface area (Å²) in [7, 11) is 0. The fraction of sp³-hybridized carbons (Fsp3) is 0.316. The zero-order valence-electron chi connectivity index (χ0n) is 16.1. The molecule has 156 valence electrons. The Balaban J connectivity index is 2.10. The summed E-state index contributed by atoms with van der Waals surface area (Å²) in [6.07, 6.45) is 0. The average molecular weight is 409 g/mol. The molecular weight excluding hydrogens is 388 g/mol. The highest BCUT2D eigenvalue weighted by atomic mass is 19.2. The van der Waals surface area contributed by atoms with Crippen LogP contribution in [-0.2, 0) is 9.53 Å². The summed E-state index contributed by atoms with van der Waals surface area (Å²) in [5.74, 6) is -4.55. The van der Waals surface area contributed by atoms with Gasteiger partial charge in [-0.3, -0.25) is 14.9 Å². The third-order valence-corrected chi connectivity index (χ3v) is 4.08. The van der Waals surface area contributed by atoms with Gasteiger partial charge in [0.15, 0.2) is 11.6 Å². The first kappa shape index (κ1) is 22.0. The van der Waals surface area contributed by atoms with Crippen LogP contribution in [0.4, 0.5) is 14.7 Å². The van der Waals surface area contributed by atoms with Gasteiger partial charge in [-0.1, -0.05) is 6.07 Å². The van der Waals surface area contributed by atoms with Crippen LogP contribution >= 0.6 is 0 Å². The number of carbonyl (C=O) groups is 3. The molecule has 0 aliphatic rings. The second-order valence-corrected chi connectivity index (χ2v) is 6.15. The van der Waals surface area contributed by atoms with Gasteiger partial charge < -0.3 is 20.2 Å². The summed E-state index contributed by atoms with van der Waals surface area (Å²) in [5.41, 5.74) is 5.32. The smallest absolute Gasteiger partial charge is 0.342 e. The normalized spacial score (nSPS) is 11.8. The molecule has 0 spiro atoms. The third-order valence-electron chi connectivity index (χ3n) is 4.08. The molecule has 10 heteroatoms. The van der Waals surface area contributed by atoms with E-state index in [1.807, 2.05) is 0 Å². The number of esters is 1. The molecule has 2 rings (SSSR count). The summed E-state index contributed by atoms with van der Waals surface area (Å²) in [4.78, 5) is 36.0. The molecule has 0 fully saturated rings. The molecule has 0 aliphatic carbocycles. The number of nitrogens with one attached hydrogen (secondary N) is 2. The molecule has 1 heterocycles. The first-order chi connectivity index (χ1) is 13.6. The number of benzene rings is 1. The monoisotopic (exact) mass is 409 g/mol. The fourth-order valence-electron chi connectivity index (χ4n) is 2.63. The second kappa shape index (κ2) is 9.28. The largest absolute Gasteiger partial charge is 0.462 e. The van der Waals surface area contributed by atoms with Crippen molar-refractivity contribution in [3.05, 3.63) is 52.3 Å². The van der Waals surface area contributed by atoms with E-state index in [2.05, 4.69) is 10.6 Å². The van der Waals surface area contributed by atoms with Crippen molar-refractivity contribution in [2.75, 3.05) is 18.5 Å². The lowest BCUT2D eigenvalue weighted by atomic mass is 10.1. The van der Waals surface area contributed by atoms with E-state index in [-0.39, 0.29) is 35.9 Å². The van der Waals surface area contributed by atoms with Gasteiger partial charge in [-0.15, -0.1) is 0 Å². The Morgan fingerprint density at radius 1 is 1.21 bits per heavy atom. The number of nitrogens with two attached hydrogens (primary N) is 1. The minimum atomic E-state index is -0.996. The molecule has 1 aromatic carbocycles. The summed E-state index contributed by atoms with van der Waals surface area (Å²) in [6, 6.07) is 2.93. The van der Waals surface area contributed by atoms with Crippen LogP contribution in [-0.4, -0.2) is 30.9 Å². The van der Waals surface area contributed by atoms with Crippen molar-refractivity contribution < 1.29 is 32.3 Å². The van der Waals surface area contributed by atoms with Gasteiger partial charge in [0.05, 0.1) is 13.2 Å². The van der Waals surface area contributed by atoms with Crippen LogP contribution in [0.1, 0.15) is 51.9 Å². The number of rotatable bonds is 8. The average Bonchev–Trinajstić information content (AvgIpc) is 2.98. The number of ether oxygens (including phenoxy) is 1. The zero-order chi connectivity index (χ0) is 21.7. The molecule has 2 amide bonds. The lowest BCUT2D eigenvalue weighted by Gasteiger charge is -2.14. The highest BCUT2D eigenvalue weighted by Crippen LogP contribution is 2.27. The molecule has 0 saturated carbocycles. The first-order valence-corrected chi connectivity index (χ1v) is 8.74. The van der Waals surface area contributed by atoms with Gasteiger partial charge in [0.25, 0.3) is 5.91 Å². The van der Waals surface area contributed by atoms with E-state index in [9.17, 15) is 23.2 Å². The molecule has 2 aromatic rings. The third kappa shape index (κ3) is 5.17. The minimum Gasteiger partial charge on any atom is -0.462 e. The van der Waals surface area contributed by atoms with E-state index in [0.29, 0.717) is 5.56 Å². The summed E-state index contributed by atoms with van der Waals surface area (Å²) >= 11 is 0. The van der Waals surface area contributed by atoms with Gasteiger partial charge >= 0.3 is 5.97 Å². The van der Waals surface area contributed by atoms with Gasteiger partial charge in [-0.2, -0.15) is 0 Å². The van der Waals surface area contributed by atoms with E-state index in [0.717, 1.165) is 12.1 Å². The van der Waals surface area contributed by atoms with Crippen LogP contribution in [0.25, 0.3) is 0 Å². The van der Waals surface area contributed by atoms with E-state index in [4.69, 9.17) is 14.9 Å². The van der Waals surface area contributed by atoms with Crippen molar-refractivity contribution in [3.8, 4) is 0 Å². The molecule has 29 heavy (non-hydrogen) atoms. The Morgan fingerprint density at radius 2 is 1.90 bits per heavy atom. The predicted molar refractivity (Wildman–Crippen MR) is 99.3 cm³/mol. The van der Waals surface area contributed by atoms with Gasteiger partial charge in [0.2, 0.25) is 11.8 Å². The molecular formula is C19H21F2N3O5. The van der Waals surface area contributed by atoms with Gasteiger partial charge in [0, 0.05) is 6.04 Å². The number of carbonyl (C=O) groups excluding carboxylic acids is 3. The number of hydrogen-bond donors (Lipinski definition) is 3. The lowest BCUT2D eigenvalue weighted by Crippen LogP contribution is -2.30. The lowest BCUT2D eigenvalue weighted by molar-refractivity contribution is -0.115. The quantitative estimate of drug-likeness (QED) is 0.576. The van der Waals surface area contributed by atoms with Crippen molar-refractivity contribution in [2.45, 2.75) is 26.8 Å². The number of hydrogen-bond acceptors (Lipinski definition) is 6. The second-order valence-electron chi connectivity index (χ2n) is 6.15. The molecule has 8 nitrogen and oxygen atoms in total. The topological polar surface area (TPSA) is 124 Å². The minimum absolute atomic E-state index is 0.0654. The summed E-state index contributed by atoms with van der Waals surface area (Å²) in [5, 5.41) is 5.19. The van der Waals surface area contributed by atoms with Crippen molar-refractivity contribution in [3.63, 3.8) is 0 Å². The Kier molecular flexibility index (Phi) is 7.05. The maximum Gasteiger partial charge on any atom is 0.342 e. The summed E-state index contributed by atoms with van der Waals surface area (Å²) < 4.78 is 36.5. The summed E-state index contributed by atoms with van der Waals surface area (Å²) in [6.45, 7) is 4.52. The van der Waals surface area contributed by atoms with E-state index < -0.39 is 35.5 Å². The van der Waals surface area contributed by atoms with Gasteiger partial charge in [-0.25, -0.2) is 13.6 Å². The molecule has 0 saturated heterocycles. The van der Waals surface area contributed by atoms with Gasteiger partial charge in [0.1, 0.15) is 16.9 Å². The van der Waals surface area contributed by atoms with Crippen molar-refractivity contribution in [1.29, 1.82) is 0 Å². The van der Waals surface area contributed by atoms with E-state index >= 15 is 0 Å². The highest BCUT2D eigenvalue weighted by molar-refractivity contribution is 6.10. The Bertz CT molecular complexity index is 942. The number of aryl methyl sites for hydroxylation is 1. The molecule has 1 aromatic heterocycles. The molecule has 0 radical (unpaired) electrons. The van der Waals surface area contributed by atoms with Crippen LogP contribution in [0.2, 0.25) is 0 Å². The number of halogens is 2. The van der Waals surface area contributed by atoms with Crippen molar-refractivity contribution in [1.82, 2.24) is 5.32 Å². The van der Waals surface area contributed by atoms with E-state index in [1.165, 1.54) is 13.0 Å². The molecule has 0 unspecified atom stereocenters. The van der Waals surface area contributed by atoms with Crippen LogP contribution in [0.3, 0.4) is 0 Å². The fourth-order valence-corrected chi connectivity index (χ4v) is 2.63. The number of primary amides is 1. The standard InChI is InChI=1S/C19H21F2N3O5/c1-4-28-19(27)15-10(3)29-18(16(15)17(22)26)24-14(25)8-23-9(2)11-5-6-12(20)13(21)7-11/h5-7,9,23H,4,8H2,1-3H3,(H2,22,26)(H,24,25)/t9-/m1/s1. The van der Waals surface area contributed by atoms with E-state index in [1.54, 1.807) is 13.8 Å². The number of amides is 2. The first-order valence-electron chi connectivity index (χ1n) is 8.74. The zero-order valence-corrected chi connectivity index (χ0v) is 16.1. The Hall–Kier alpha value is -3.27. The molecule has 0 bridgehead atoms. The van der Waals surface area contributed by atoms with Gasteiger partial charge in [-0.05, 0) is 38.5 Å². The number of furan rings is 1. The maximum atomic E-state index is 13.3. The Labute approximate surface area is 165 Å². The highest BCUT2D eigenvalue weighted by Gasteiger charge is 2.29. The Morgan fingerprint density at radius 3 is 2.48 bits per heavy atom. The number of anilines is 1. The van der Waals surface area contributed by atoms with Crippen LogP contribution in [0.5, 0.6) is 0 Å². The van der Waals surface area contributed by atoms with Crippen LogP contribution in [0.15, 0.2) is 22.6 Å². The molecule has 0 aliphatic heterocycles. The maximum absolute atomic E-state index is 13.3. The van der Waals surface area contributed by atoms with Crippen molar-refractivity contribution in [2.24, 2.45) is 5.73 Å².